The summed E-state index contributed by atoms with van der Waals surface area (Å²) in [6.45, 7) is 0. The predicted molar refractivity (Wildman–Crippen MR) is 134 cm³/mol. The van der Waals surface area contributed by atoms with E-state index in [1.54, 1.807) is 18.2 Å². The van der Waals surface area contributed by atoms with Crippen LogP contribution in [0.25, 0.3) is 22.3 Å². The van der Waals surface area contributed by atoms with Crippen LogP contribution in [0.2, 0.25) is 0 Å². The molecule has 1 aromatic heterocycles. The normalized spacial score (nSPS) is 11.6. The van der Waals surface area contributed by atoms with Gasteiger partial charge in [-0.25, -0.2) is 9.18 Å². The van der Waals surface area contributed by atoms with E-state index in [-0.39, 0.29) is 18.0 Å². The zero-order valence-corrected chi connectivity index (χ0v) is 19.4. The second-order valence-corrected chi connectivity index (χ2v) is 8.27. The number of pyridine rings is 1. The van der Waals surface area contributed by atoms with Gasteiger partial charge in [0.2, 0.25) is 0 Å². The second-order valence-electron chi connectivity index (χ2n) is 8.00. The Labute approximate surface area is 207 Å². The first-order valence-electron chi connectivity index (χ1n) is 10.9. The van der Waals surface area contributed by atoms with Crippen LogP contribution >= 0.6 is 11.6 Å². The molecule has 0 unspecified atom stereocenters. The molecule has 1 amide bonds. The molecule has 2 N–H and O–H groups in total. The number of nitrogens with zero attached hydrogens (tertiary/aromatic N) is 1. The van der Waals surface area contributed by atoms with Gasteiger partial charge in [-0.3, -0.25) is 9.78 Å². The van der Waals surface area contributed by atoms with Gasteiger partial charge < -0.3 is 10.4 Å². The second kappa shape index (κ2) is 10.9. The van der Waals surface area contributed by atoms with Gasteiger partial charge in [0.05, 0.1) is 5.88 Å². The minimum atomic E-state index is -1.15. The topological polar surface area (TPSA) is 79.3 Å². The lowest BCUT2D eigenvalue weighted by Gasteiger charge is -2.15. The summed E-state index contributed by atoms with van der Waals surface area (Å²) < 4.78 is 13.8. The van der Waals surface area contributed by atoms with E-state index >= 15 is 0 Å². The molecule has 5 nitrogen and oxygen atoms in total. The lowest BCUT2D eigenvalue weighted by molar-refractivity contribution is -0.139. The van der Waals surface area contributed by atoms with Crippen molar-refractivity contribution in [2.75, 3.05) is 0 Å². The number of rotatable bonds is 8. The van der Waals surface area contributed by atoms with E-state index in [4.69, 9.17) is 11.6 Å². The maximum absolute atomic E-state index is 13.8. The summed E-state index contributed by atoms with van der Waals surface area (Å²) in [6, 6.07) is 24.0. The average Bonchev–Trinajstić information content (AvgIpc) is 2.89. The van der Waals surface area contributed by atoms with Gasteiger partial charge in [0.1, 0.15) is 17.6 Å². The molecule has 1 heterocycles. The van der Waals surface area contributed by atoms with E-state index in [1.807, 2.05) is 54.6 Å². The Morgan fingerprint density at radius 2 is 1.54 bits per heavy atom. The summed E-state index contributed by atoms with van der Waals surface area (Å²) in [7, 11) is 0. The molecule has 7 heteroatoms. The first-order valence-corrected chi connectivity index (χ1v) is 11.5. The molecule has 0 fully saturated rings. The Morgan fingerprint density at radius 1 is 0.886 bits per heavy atom. The molecule has 0 aliphatic heterocycles. The molecular weight excluding hydrogens is 467 g/mol. The highest BCUT2D eigenvalue weighted by Crippen LogP contribution is 2.24. The van der Waals surface area contributed by atoms with Gasteiger partial charge in [-0.2, -0.15) is 0 Å². The van der Waals surface area contributed by atoms with Crippen molar-refractivity contribution in [1.82, 2.24) is 10.3 Å². The SMILES string of the molecule is O=C(N[C@@H](Cc1ccc(-c2ccccc2)cc1)C(=O)O)c1cc(-c2ccc(F)c(CCl)c2)ccn1. The summed E-state index contributed by atoms with van der Waals surface area (Å²) in [5.41, 5.74) is 4.57. The standard InChI is InChI=1S/C28H22ClFN2O3/c29-17-23-15-21(10-11-24(23)30)22-12-13-31-25(16-22)27(33)32-26(28(34)35)14-18-6-8-20(9-7-18)19-4-2-1-3-5-19/h1-13,15-16,26H,14,17H2,(H,32,33)(H,34,35)/t26-/m0/s1. The van der Waals surface area contributed by atoms with Crippen molar-refractivity contribution in [2.24, 2.45) is 0 Å². The molecule has 4 rings (SSSR count). The molecule has 35 heavy (non-hydrogen) atoms. The lowest BCUT2D eigenvalue weighted by atomic mass is 10.0. The van der Waals surface area contributed by atoms with Crippen LogP contribution in [-0.2, 0) is 17.1 Å². The fourth-order valence-electron chi connectivity index (χ4n) is 3.72. The maximum atomic E-state index is 13.8. The van der Waals surface area contributed by atoms with Crippen LogP contribution in [0, 0.1) is 5.82 Å². The highest BCUT2D eigenvalue weighted by molar-refractivity contribution is 6.17. The molecule has 1 atom stereocenters. The number of hydrogen-bond acceptors (Lipinski definition) is 3. The van der Waals surface area contributed by atoms with Crippen LogP contribution in [-0.4, -0.2) is 28.0 Å². The first-order chi connectivity index (χ1) is 16.9. The van der Waals surface area contributed by atoms with Crippen LogP contribution in [0.4, 0.5) is 4.39 Å². The maximum Gasteiger partial charge on any atom is 0.326 e. The van der Waals surface area contributed by atoms with E-state index in [1.165, 1.54) is 18.3 Å². The van der Waals surface area contributed by atoms with E-state index in [2.05, 4.69) is 10.3 Å². The number of carbonyl (C=O) groups is 2. The number of nitrogens with one attached hydrogen (secondary N) is 1. The van der Waals surface area contributed by atoms with E-state index in [0.717, 1.165) is 16.7 Å². The van der Waals surface area contributed by atoms with Crippen LogP contribution in [0.3, 0.4) is 0 Å². The van der Waals surface area contributed by atoms with Gasteiger partial charge in [0.15, 0.2) is 0 Å². The molecular formula is C28H22ClFN2O3. The Morgan fingerprint density at radius 3 is 2.23 bits per heavy atom. The third-order valence-corrected chi connectivity index (χ3v) is 5.91. The lowest BCUT2D eigenvalue weighted by Crippen LogP contribution is -2.42. The zero-order chi connectivity index (χ0) is 24.8. The number of carboxylic acid groups (broad SMARTS) is 1. The largest absolute Gasteiger partial charge is 0.480 e. The number of carbonyl (C=O) groups excluding carboxylic acids is 1. The number of benzene rings is 3. The minimum Gasteiger partial charge on any atom is -0.480 e. The molecule has 0 saturated heterocycles. The number of alkyl halides is 1. The van der Waals surface area contributed by atoms with Crippen molar-refractivity contribution >= 4 is 23.5 Å². The molecule has 0 bridgehead atoms. The molecule has 4 aromatic rings. The van der Waals surface area contributed by atoms with Crippen molar-refractivity contribution in [2.45, 2.75) is 18.3 Å². The van der Waals surface area contributed by atoms with Gasteiger partial charge >= 0.3 is 5.97 Å². The number of aromatic nitrogens is 1. The molecule has 0 radical (unpaired) electrons. The van der Waals surface area contributed by atoms with Crippen molar-refractivity contribution in [3.8, 4) is 22.3 Å². The Balaban J connectivity index is 1.48. The predicted octanol–water partition coefficient (Wildman–Crippen LogP) is 5.72. The number of carboxylic acids is 1. The highest BCUT2D eigenvalue weighted by atomic mass is 35.5. The smallest absolute Gasteiger partial charge is 0.326 e. The summed E-state index contributed by atoms with van der Waals surface area (Å²) in [6.07, 6.45) is 1.57. The Kier molecular flexibility index (Phi) is 7.53. The summed E-state index contributed by atoms with van der Waals surface area (Å²) >= 11 is 5.79. The molecule has 0 aliphatic rings. The van der Waals surface area contributed by atoms with Crippen molar-refractivity contribution in [1.29, 1.82) is 0 Å². The fourth-order valence-corrected chi connectivity index (χ4v) is 3.93. The van der Waals surface area contributed by atoms with Crippen molar-refractivity contribution < 1.29 is 19.1 Å². The fraction of sp³-hybridized carbons (Fsp3) is 0.107. The molecule has 0 aliphatic carbocycles. The third-order valence-electron chi connectivity index (χ3n) is 5.62. The monoisotopic (exact) mass is 488 g/mol. The van der Waals surface area contributed by atoms with Crippen LogP contribution in [0.1, 0.15) is 21.6 Å². The minimum absolute atomic E-state index is 0.0186. The van der Waals surface area contributed by atoms with Crippen LogP contribution < -0.4 is 5.32 Å². The first kappa shape index (κ1) is 24.1. The Bertz CT molecular complexity index is 1340. The summed E-state index contributed by atoms with van der Waals surface area (Å²) in [5.74, 6) is -2.14. The quantitative estimate of drug-likeness (QED) is 0.311. The van der Waals surface area contributed by atoms with E-state index < -0.39 is 23.7 Å². The van der Waals surface area contributed by atoms with Crippen molar-refractivity contribution in [3.63, 3.8) is 0 Å². The summed E-state index contributed by atoms with van der Waals surface area (Å²) in [4.78, 5) is 28.8. The molecule has 176 valence electrons. The van der Waals surface area contributed by atoms with Gasteiger partial charge in [0.25, 0.3) is 5.91 Å². The van der Waals surface area contributed by atoms with E-state index in [0.29, 0.717) is 16.7 Å². The highest BCUT2D eigenvalue weighted by Gasteiger charge is 2.22. The van der Waals surface area contributed by atoms with Crippen molar-refractivity contribution in [3.05, 3.63) is 114 Å². The van der Waals surface area contributed by atoms with Crippen LogP contribution in [0.5, 0.6) is 0 Å². The average molecular weight is 489 g/mol. The third kappa shape index (κ3) is 5.91. The number of hydrogen-bond donors (Lipinski definition) is 2. The van der Waals surface area contributed by atoms with Gasteiger partial charge in [-0.15, -0.1) is 11.6 Å². The summed E-state index contributed by atoms with van der Waals surface area (Å²) in [5, 5.41) is 12.3. The van der Waals surface area contributed by atoms with Gasteiger partial charge in [0, 0.05) is 18.2 Å². The zero-order valence-electron chi connectivity index (χ0n) is 18.6. The molecule has 0 spiro atoms. The van der Waals surface area contributed by atoms with Gasteiger partial charge in [-0.1, -0.05) is 60.7 Å². The number of aliphatic carboxylic acids is 1. The Hall–Kier alpha value is -4.03. The molecule has 3 aromatic carbocycles. The van der Waals surface area contributed by atoms with E-state index in [9.17, 15) is 19.1 Å². The van der Waals surface area contributed by atoms with Crippen LogP contribution in [0.15, 0.2) is 91.1 Å². The van der Waals surface area contributed by atoms with Gasteiger partial charge in [-0.05, 0) is 52.1 Å². The number of amides is 1. The molecule has 0 saturated carbocycles. The number of halogens is 2.